The standard InChI is InChI=1S/C8H8O3/c9-7-5-3-1-2-4-6(5)8(10)11-7/h1-2,5-6H,3-4H2/t5-,6+/i1D,2D,3D2,4D2. The zero-order chi connectivity index (χ0) is 13.2. The Morgan fingerprint density at radius 2 is 1.82 bits per heavy atom. The van der Waals surface area contributed by atoms with E-state index in [1.807, 2.05) is 0 Å². The molecule has 3 nitrogen and oxygen atoms in total. The minimum atomic E-state index is -2.56. The van der Waals surface area contributed by atoms with Crippen molar-refractivity contribution in [2.24, 2.45) is 11.8 Å². The third-order valence-electron chi connectivity index (χ3n) is 1.56. The molecule has 0 amide bonds. The monoisotopic (exact) mass is 158 g/mol. The minimum absolute atomic E-state index is 0.921. The number of cyclic esters (lactones) is 2. The highest BCUT2D eigenvalue weighted by atomic mass is 16.6. The first-order valence-electron chi connectivity index (χ1n) is 6.05. The molecular weight excluding hydrogens is 144 g/mol. The number of allylic oxidation sites excluding steroid dienone is 2. The zero-order valence-corrected chi connectivity index (χ0v) is 5.38. The van der Waals surface area contributed by atoms with E-state index in [4.69, 9.17) is 8.22 Å². The smallest absolute Gasteiger partial charge is 0.317 e. The van der Waals surface area contributed by atoms with Crippen LogP contribution in [0.15, 0.2) is 12.1 Å². The van der Waals surface area contributed by atoms with Crippen molar-refractivity contribution in [1.29, 1.82) is 0 Å². The quantitative estimate of drug-likeness (QED) is 0.295. The summed E-state index contributed by atoms with van der Waals surface area (Å²) in [7, 11) is 0. The van der Waals surface area contributed by atoms with Gasteiger partial charge in [-0.3, -0.25) is 9.59 Å². The number of ether oxygens (including phenoxy) is 1. The lowest BCUT2D eigenvalue weighted by Crippen LogP contribution is -2.18. The fourth-order valence-corrected chi connectivity index (χ4v) is 1.01. The van der Waals surface area contributed by atoms with E-state index < -0.39 is 48.6 Å². The first-order chi connectivity index (χ1) is 7.61. The summed E-state index contributed by atoms with van der Waals surface area (Å²) in [6.07, 6.45) is -5.12. The van der Waals surface area contributed by atoms with Crippen LogP contribution in [0.3, 0.4) is 0 Å². The molecule has 0 spiro atoms. The Balaban J connectivity index is 2.69. The summed E-state index contributed by atoms with van der Waals surface area (Å²) in [6, 6.07) is -1.84. The van der Waals surface area contributed by atoms with E-state index in [-0.39, 0.29) is 0 Å². The van der Waals surface area contributed by atoms with Crippen molar-refractivity contribution in [3.05, 3.63) is 12.1 Å². The van der Waals surface area contributed by atoms with Crippen molar-refractivity contribution in [3.8, 4) is 0 Å². The second-order valence-electron chi connectivity index (χ2n) is 2.23. The largest absolute Gasteiger partial charge is 0.393 e. The van der Waals surface area contributed by atoms with Gasteiger partial charge in [-0.25, -0.2) is 0 Å². The first-order valence-corrected chi connectivity index (χ1v) is 3.05. The Morgan fingerprint density at radius 1 is 1.36 bits per heavy atom. The highest BCUT2D eigenvalue weighted by Crippen LogP contribution is 2.32. The molecule has 2 atom stereocenters. The fraction of sp³-hybridized carbons (Fsp3) is 0.500. The third kappa shape index (κ3) is 0.878. The van der Waals surface area contributed by atoms with E-state index >= 15 is 0 Å². The lowest BCUT2D eigenvalue weighted by Gasteiger charge is -2.12. The maximum absolute atomic E-state index is 11.4. The Labute approximate surface area is 72.5 Å². The Bertz CT molecular complexity index is 414. The predicted molar refractivity (Wildman–Crippen MR) is 36.5 cm³/mol. The summed E-state index contributed by atoms with van der Waals surface area (Å²) < 4.78 is 49.3. The van der Waals surface area contributed by atoms with Gasteiger partial charge in [-0.2, -0.15) is 0 Å². The molecule has 1 heterocycles. The number of hydrogen-bond donors (Lipinski definition) is 0. The van der Waals surface area contributed by atoms with Crippen LogP contribution in [0.4, 0.5) is 0 Å². The van der Waals surface area contributed by atoms with Gasteiger partial charge in [-0.05, 0) is 12.7 Å². The van der Waals surface area contributed by atoms with E-state index in [2.05, 4.69) is 4.74 Å². The Kier molecular flexibility index (Phi) is 0.544. The van der Waals surface area contributed by atoms with E-state index in [0.717, 1.165) is 0 Å². The van der Waals surface area contributed by atoms with E-state index in [9.17, 15) is 9.59 Å². The molecule has 11 heavy (non-hydrogen) atoms. The molecule has 1 aliphatic carbocycles. The normalized spacial score (nSPS) is 54.2. The topological polar surface area (TPSA) is 43.4 Å². The molecule has 0 aromatic heterocycles. The summed E-state index contributed by atoms with van der Waals surface area (Å²) in [4.78, 5) is 22.7. The van der Waals surface area contributed by atoms with Gasteiger partial charge in [0, 0.05) is 5.48 Å². The third-order valence-corrected chi connectivity index (χ3v) is 1.56. The van der Waals surface area contributed by atoms with Crippen LogP contribution in [0.2, 0.25) is 0 Å². The van der Waals surface area contributed by atoms with Crippen molar-refractivity contribution in [2.45, 2.75) is 12.7 Å². The van der Waals surface area contributed by atoms with Crippen LogP contribution < -0.4 is 0 Å². The van der Waals surface area contributed by atoms with E-state index in [0.29, 0.717) is 0 Å². The molecule has 2 rings (SSSR count). The second-order valence-corrected chi connectivity index (χ2v) is 2.23. The lowest BCUT2D eigenvalue weighted by atomic mass is 9.85. The van der Waals surface area contributed by atoms with Crippen LogP contribution in [0.5, 0.6) is 0 Å². The van der Waals surface area contributed by atoms with Gasteiger partial charge in [0.05, 0.1) is 14.6 Å². The summed E-state index contributed by atoms with van der Waals surface area (Å²) in [6.45, 7) is 0. The fourth-order valence-electron chi connectivity index (χ4n) is 1.01. The van der Waals surface area contributed by atoms with Crippen molar-refractivity contribution < 1.29 is 22.6 Å². The maximum atomic E-state index is 11.4. The summed E-state index contributed by atoms with van der Waals surface area (Å²) >= 11 is 0. The van der Waals surface area contributed by atoms with E-state index in [1.165, 1.54) is 0 Å². The summed E-state index contributed by atoms with van der Waals surface area (Å²) in [5.74, 6) is -5.73. The van der Waals surface area contributed by atoms with Gasteiger partial charge >= 0.3 is 11.9 Å². The van der Waals surface area contributed by atoms with Crippen LogP contribution in [0, 0.1) is 11.8 Å². The molecule has 2 aliphatic rings. The SMILES string of the molecule is [2H]C1=C([2H])C([2H])([2H])[C@H]2C(=O)OC(=O)[C@H]2C1([2H])[2H]. The van der Waals surface area contributed by atoms with Gasteiger partial charge in [0.15, 0.2) is 0 Å². The Hall–Kier alpha value is -1.12. The molecule has 0 aromatic rings. The van der Waals surface area contributed by atoms with Crippen LogP contribution in [0.25, 0.3) is 0 Å². The number of carbonyl (C=O) groups excluding carboxylic acids is 2. The van der Waals surface area contributed by atoms with Gasteiger partial charge in [-0.15, -0.1) is 0 Å². The number of carbonyl (C=O) groups is 2. The van der Waals surface area contributed by atoms with Gasteiger partial charge in [0.25, 0.3) is 0 Å². The summed E-state index contributed by atoms with van der Waals surface area (Å²) in [5, 5.41) is 0. The predicted octanol–water partition coefficient (Wildman–Crippen LogP) is 0.652. The second kappa shape index (κ2) is 2.19. The molecule has 0 unspecified atom stereocenters. The average molecular weight is 158 g/mol. The highest BCUT2D eigenvalue weighted by molar-refractivity contribution is 5.96. The first kappa shape index (κ1) is 2.73. The maximum Gasteiger partial charge on any atom is 0.317 e. The summed E-state index contributed by atoms with van der Waals surface area (Å²) in [5.41, 5.74) is 0. The van der Waals surface area contributed by atoms with Crippen LogP contribution in [0.1, 0.15) is 21.0 Å². The van der Waals surface area contributed by atoms with Gasteiger partial charge in [-0.1, -0.05) is 12.1 Å². The van der Waals surface area contributed by atoms with Crippen LogP contribution >= 0.6 is 0 Å². The molecule has 1 saturated heterocycles. The minimum Gasteiger partial charge on any atom is -0.393 e. The number of fused-ring (bicyclic) bond motifs is 1. The molecular formula is C8H8O3. The van der Waals surface area contributed by atoms with Gasteiger partial charge in [0.2, 0.25) is 0 Å². The van der Waals surface area contributed by atoms with E-state index in [1.54, 1.807) is 0 Å². The van der Waals surface area contributed by atoms with Gasteiger partial charge < -0.3 is 4.74 Å². The lowest BCUT2D eigenvalue weighted by molar-refractivity contribution is -0.153. The molecule has 1 aliphatic heterocycles. The zero-order valence-electron chi connectivity index (χ0n) is 11.4. The molecule has 0 N–H and O–H groups in total. The molecule has 0 saturated carbocycles. The van der Waals surface area contributed by atoms with Crippen LogP contribution in [-0.2, 0) is 14.3 Å². The number of rotatable bonds is 0. The van der Waals surface area contributed by atoms with Crippen molar-refractivity contribution in [1.82, 2.24) is 0 Å². The molecule has 0 bridgehead atoms. The highest BCUT2D eigenvalue weighted by Gasteiger charge is 2.43. The Morgan fingerprint density at radius 3 is 2.27 bits per heavy atom. The molecule has 3 heteroatoms. The molecule has 0 radical (unpaired) electrons. The molecule has 1 fully saturated rings. The van der Waals surface area contributed by atoms with Crippen molar-refractivity contribution in [3.63, 3.8) is 0 Å². The molecule has 0 aromatic carbocycles. The van der Waals surface area contributed by atoms with Gasteiger partial charge in [0.1, 0.15) is 0 Å². The number of hydrogen-bond acceptors (Lipinski definition) is 3. The van der Waals surface area contributed by atoms with Crippen molar-refractivity contribution >= 4 is 11.9 Å². The van der Waals surface area contributed by atoms with Crippen molar-refractivity contribution in [2.75, 3.05) is 0 Å². The number of esters is 2. The van der Waals surface area contributed by atoms with Crippen LogP contribution in [-0.4, -0.2) is 11.9 Å². The average Bonchev–Trinajstić information content (AvgIpc) is 2.50. The molecule has 58 valence electrons.